The van der Waals surface area contributed by atoms with Crippen LogP contribution in [0.2, 0.25) is 0 Å². The number of primary amides is 1. The number of carbonyl (C=O) groups is 2. The van der Waals surface area contributed by atoms with Crippen LogP contribution < -0.4 is 25.6 Å². The van der Waals surface area contributed by atoms with Gasteiger partial charge in [0.2, 0.25) is 11.8 Å². The third kappa shape index (κ3) is 7.88. The zero-order chi connectivity index (χ0) is 39.8. The lowest BCUT2D eigenvalue weighted by Crippen LogP contribution is -2.59. The molecule has 2 amide bonds. The first-order chi connectivity index (χ1) is 28.2. The molecule has 0 radical (unpaired) electrons. The highest BCUT2D eigenvalue weighted by atomic mass is 16.5. The van der Waals surface area contributed by atoms with Crippen molar-refractivity contribution in [2.75, 3.05) is 55.7 Å². The second-order valence-electron chi connectivity index (χ2n) is 17.4. The van der Waals surface area contributed by atoms with Crippen molar-refractivity contribution in [3.63, 3.8) is 0 Å². The number of pyridine rings is 2. The molecule has 6 heterocycles. The number of anilines is 2. The second kappa shape index (κ2) is 16.1. The maximum atomic E-state index is 11.6. The highest BCUT2D eigenvalue weighted by molar-refractivity contribution is 5.91. The number of nitrogens with two attached hydrogens (primary N) is 1. The van der Waals surface area contributed by atoms with Crippen LogP contribution in [0, 0.1) is 11.3 Å². The summed E-state index contributed by atoms with van der Waals surface area (Å²) in [7, 11) is 0. The molecule has 0 bridgehead atoms. The SMILES string of the molecule is C=C1CCCC(=O)N1.NC(=O)c1ccc2c(n1)OCC1CN(CC3CC4(CCN(c5ccc(C6c7ccc(O)cc7CCC6c6ccccc6)cn5)CC4)C3)CCN21. The number of hydrogen-bond acceptors (Lipinski definition) is 9. The Hall–Kier alpha value is -5.42. The molecule has 6 aliphatic rings. The first-order valence-electron chi connectivity index (χ1n) is 21.2. The lowest BCUT2D eigenvalue weighted by Gasteiger charge is -2.54. The van der Waals surface area contributed by atoms with Crippen LogP contribution in [0.4, 0.5) is 11.5 Å². The van der Waals surface area contributed by atoms with E-state index in [4.69, 9.17) is 15.5 Å². The Kier molecular flexibility index (Phi) is 10.6. The van der Waals surface area contributed by atoms with Gasteiger partial charge < -0.3 is 30.7 Å². The molecular formula is C47H55N7O4. The van der Waals surface area contributed by atoms with Crippen molar-refractivity contribution in [2.24, 2.45) is 17.1 Å². The van der Waals surface area contributed by atoms with Crippen LogP contribution in [0.5, 0.6) is 11.6 Å². The number of piperazine rings is 1. The summed E-state index contributed by atoms with van der Waals surface area (Å²) in [6, 6.07) is 25.3. The van der Waals surface area contributed by atoms with Crippen LogP contribution in [0.3, 0.4) is 0 Å². The van der Waals surface area contributed by atoms with Crippen molar-refractivity contribution in [1.82, 2.24) is 20.2 Å². The van der Waals surface area contributed by atoms with Gasteiger partial charge in [0.15, 0.2) is 0 Å². The number of rotatable bonds is 6. The van der Waals surface area contributed by atoms with Crippen molar-refractivity contribution in [2.45, 2.75) is 75.7 Å². The van der Waals surface area contributed by atoms with E-state index in [9.17, 15) is 14.7 Å². The van der Waals surface area contributed by atoms with E-state index in [1.807, 2.05) is 18.2 Å². The Morgan fingerprint density at radius 1 is 0.966 bits per heavy atom. The van der Waals surface area contributed by atoms with Crippen LogP contribution in [-0.4, -0.2) is 83.7 Å². The molecular weight excluding hydrogens is 727 g/mol. The fraction of sp³-hybridized carbons (Fsp3) is 0.447. The summed E-state index contributed by atoms with van der Waals surface area (Å²) in [5.41, 5.74) is 13.2. The number of fused-ring (bicyclic) bond motifs is 4. The first kappa shape index (κ1) is 38.1. The molecule has 11 nitrogen and oxygen atoms in total. The minimum absolute atomic E-state index is 0.112. The quantitative estimate of drug-likeness (QED) is 0.200. The molecule has 2 aromatic heterocycles. The van der Waals surface area contributed by atoms with Crippen LogP contribution in [0.15, 0.2) is 91.3 Å². The maximum absolute atomic E-state index is 11.6. The number of phenolic OH excluding ortho intramolecular Hbond substituents is 1. The summed E-state index contributed by atoms with van der Waals surface area (Å²) < 4.78 is 5.99. The number of aromatic nitrogens is 2. The normalized spacial score (nSPS) is 23.9. The van der Waals surface area contributed by atoms with E-state index in [-0.39, 0.29) is 17.5 Å². The van der Waals surface area contributed by atoms with Crippen LogP contribution in [0.1, 0.15) is 95.9 Å². The van der Waals surface area contributed by atoms with Crippen LogP contribution >= 0.6 is 0 Å². The molecule has 4 fully saturated rings. The van der Waals surface area contributed by atoms with Crippen LogP contribution in [-0.2, 0) is 11.2 Å². The van der Waals surface area contributed by atoms with Crippen molar-refractivity contribution in [3.8, 4) is 11.6 Å². The first-order valence-corrected chi connectivity index (χ1v) is 21.2. The zero-order valence-electron chi connectivity index (χ0n) is 33.3. The number of aromatic hydroxyl groups is 1. The molecule has 4 N–H and O–H groups in total. The molecule has 4 aromatic rings. The number of nitrogens with zero attached hydrogens (tertiary/aromatic N) is 5. The summed E-state index contributed by atoms with van der Waals surface area (Å²) in [6.07, 6.45) is 11.9. The van der Waals surface area contributed by atoms with Gasteiger partial charge in [0.05, 0.1) is 6.04 Å². The molecule has 1 saturated carbocycles. The largest absolute Gasteiger partial charge is 0.508 e. The van der Waals surface area contributed by atoms with Gasteiger partial charge in [-0.3, -0.25) is 14.5 Å². The molecule has 3 atom stereocenters. The molecule has 58 heavy (non-hydrogen) atoms. The predicted octanol–water partition coefficient (Wildman–Crippen LogP) is 6.52. The number of ether oxygens (including phenoxy) is 1. The van der Waals surface area contributed by atoms with Crippen molar-refractivity contribution in [1.29, 1.82) is 0 Å². The molecule has 1 spiro atoms. The number of benzene rings is 2. The smallest absolute Gasteiger partial charge is 0.267 e. The van der Waals surface area contributed by atoms with Gasteiger partial charge in [0.1, 0.15) is 29.6 Å². The fourth-order valence-electron chi connectivity index (χ4n) is 10.7. The molecule has 2 aliphatic carbocycles. The number of nitrogens with one attached hydrogen (secondary N) is 1. The summed E-state index contributed by atoms with van der Waals surface area (Å²) in [5.74, 6) is 2.92. The van der Waals surface area contributed by atoms with E-state index >= 15 is 0 Å². The summed E-state index contributed by atoms with van der Waals surface area (Å²) in [6.45, 7) is 10.5. The average Bonchev–Trinajstić information content (AvgIpc) is 3.23. The Labute approximate surface area is 341 Å². The minimum Gasteiger partial charge on any atom is -0.508 e. The number of aryl methyl sites for hydroxylation is 1. The Morgan fingerprint density at radius 3 is 2.52 bits per heavy atom. The number of amides is 2. The number of allylic oxidation sites excluding steroid dienone is 1. The lowest BCUT2D eigenvalue weighted by atomic mass is 9.57. The molecule has 2 aromatic carbocycles. The van der Waals surface area contributed by atoms with E-state index in [0.29, 0.717) is 42.0 Å². The maximum Gasteiger partial charge on any atom is 0.267 e. The Balaban J connectivity index is 0.000000489. The standard InChI is InChI=1S/C41H46N6O3.C6H9NO/c42-39(49)35-11-12-36-40(44-35)50-26-31-25-45(18-19-47(31)36)24-27-21-41(22-27)14-16-46(17-15-41)37-13-7-30(23-43-37)38-33(28-4-2-1-3-5-28)9-6-29-20-32(48)8-10-34(29)38;1-5-3-2-4-6(8)7-5/h1-5,7-8,10-13,20,23,27,31,33,38,48H,6,9,14-19,21-22,24-26H2,(H2,42,49);1-4H2,(H,7,8). The molecule has 10 rings (SSSR count). The third-order valence-corrected chi connectivity index (χ3v) is 13.6. The number of hydrogen-bond donors (Lipinski definition) is 3. The van der Waals surface area contributed by atoms with Gasteiger partial charge in [0.25, 0.3) is 5.91 Å². The minimum atomic E-state index is -0.527. The molecule has 4 aliphatic heterocycles. The Bertz CT molecular complexity index is 2130. The zero-order valence-corrected chi connectivity index (χ0v) is 33.3. The fourth-order valence-corrected chi connectivity index (χ4v) is 10.7. The highest BCUT2D eigenvalue weighted by Crippen LogP contribution is 2.53. The summed E-state index contributed by atoms with van der Waals surface area (Å²) in [4.78, 5) is 39.0. The summed E-state index contributed by atoms with van der Waals surface area (Å²) in [5, 5.41) is 12.8. The van der Waals surface area contributed by atoms with Crippen molar-refractivity contribution in [3.05, 3.63) is 119 Å². The van der Waals surface area contributed by atoms with E-state index in [1.54, 1.807) is 6.07 Å². The molecule has 11 heteroatoms. The van der Waals surface area contributed by atoms with E-state index in [1.165, 1.54) is 54.5 Å². The van der Waals surface area contributed by atoms with Gasteiger partial charge >= 0.3 is 0 Å². The second-order valence-corrected chi connectivity index (χ2v) is 17.4. The third-order valence-electron chi connectivity index (χ3n) is 13.6. The van der Waals surface area contributed by atoms with Gasteiger partial charge in [-0.1, -0.05) is 49.0 Å². The van der Waals surface area contributed by atoms with Gasteiger partial charge in [-0.25, -0.2) is 9.97 Å². The van der Waals surface area contributed by atoms with Gasteiger partial charge in [-0.05, 0) is 121 Å². The Morgan fingerprint density at radius 2 is 1.79 bits per heavy atom. The van der Waals surface area contributed by atoms with E-state index < -0.39 is 5.91 Å². The van der Waals surface area contributed by atoms with E-state index in [2.05, 4.69) is 86.3 Å². The van der Waals surface area contributed by atoms with Crippen molar-refractivity contribution < 1.29 is 19.4 Å². The number of carbonyl (C=O) groups excluding carboxylic acids is 2. The molecule has 3 saturated heterocycles. The van der Waals surface area contributed by atoms with Crippen LogP contribution in [0.25, 0.3) is 0 Å². The molecule has 302 valence electrons. The van der Waals surface area contributed by atoms with Gasteiger partial charge in [-0.2, -0.15) is 0 Å². The highest BCUT2D eigenvalue weighted by Gasteiger charge is 2.47. The summed E-state index contributed by atoms with van der Waals surface area (Å²) >= 11 is 0. The lowest BCUT2D eigenvalue weighted by molar-refractivity contribution is -0.121. The van der Waals surface area contributed by atoms with E-state index in [0.717, 1.165) is 81.5 Å². The monoisotopic (exact) mass is 781 g/mol. The average molecular weight is 782 g/mol. The van der Waals surface area contributed by atoms with Gasteiger partial charge in [-0.15, -0.1) is 0 Å². The molecule has 3 unspecified atom stereocenters. The van der Waals surface area contributed by atoms with Gasteiger partial charge in [0, 0.05) is 63.5 Å². The predicted molar refractivity (Wildman–Crippen MR) is 225 cm³/mol. The number of phenols is 1. The van der Waals surface area contributed by atoms with Crippen molar-refractivity contribution >= 4 is 23.3 Å². The topological polar surface area (TPSA) is 137 Å². The number of piperidine rings is 2.